The molecule has 5 heteroatoms. The minimum absolute atomic E-state index is 0.311. The Hall–Kier alpha value is -4.22. The minimum Gasteiger partial charge on any atom is -0.206 e. The molecule has 0 bridgehead atoms. The van der Waals surface area contributed by atoms with Gasteiger partial charge in [-0.1, -0.05) is 129 Å². The first-order valence-electron chi connectivity index (χ1n) is 16.1. The number of fused-ring (bicyclic) bond motifs is 1. The van der Waals surface area contributed by atoms with Gasteiger partial charge >= 0.3 is 0 Å². The van der Waals surface area contributed by atoms with E-state index in [-0.39, 0.29) is 11.6 Å². The van der Waals surface area contributed by atoms with Gasteiger partial charge < -0.3 is 0 Å². The van der Waals surface area contributed by atoms with Crippen molar-refractivity contribution in [2.24, 2.45) is 0 Å². The van der Waals surface area contributed by atoms with Gasteiger partial charge in [-0.25, -0.2) is 8.78 Å². The summed E-state index contributed by atoms with van der Waals surface area (Å²) in [6.45, 7) is 4.42. The quantitative estimate of drug-likeness (QED) is 0.128. The number of aryl methyl sites for hydroxylation is 2. The zero-order chi connectivity index (χ0) is 31.2. The molecule has 0 aliphatic heterocycles. The third kappa shape index (κ3) is 6.89. The fourth-order valence-corrected chi connectivity index (χ4v) is 6.72. The highest BCUT2D eigenvalue weighted by Crippen LogP contribution is 2.39. The molecule has 1 aromatic heterocycles. The lowest BCUT2D eigenvalue weighted by molar-refractivity contribution is 0.631. The molecule has 0 aliphatic carbocycles. The van der Waals surface area contributed by atoms with Crippen LogP contribution in [0.1, 0.15) is 63.5 Å². The Morgan fingerprint density at radius 2 is 0.956 bits per heavy atom. The highest BCUT2D eigenvalue weighted by Gasteiger charge is 2.18. The Morgan fingerprint density at radius 1 is 0.511 bits per heavy atom. The van der Waals surface area contributed by atoms with Gasteiger partial charge in [0.2, 0.25) is 0 Å². The van der Waals surface area contributed by atoms with Gasteiger partial charge in [-0.05, 0) is 82.7 Å². The van der Waals surface area contributed by atoms with Crippen LogP contribution in [0.15, 0.2) is 97.1 Å². The lowest BCUT2D eigenvalue weighted by atomic mass is 9.94. The van der Waals surface area contributed by atoms with Crippen molar-refractivity contribution in [2.45, 2.75) is 65.2 Å². The third-order valence-electron chi connectivity index (χ3n) is 8.64. The van der Waals surface area contributed by atoms with Gasteiger partial charge in [0, 0.05) is 22.3 Å². The highest BCUT2D eigenvalue weighted by molar-refractivity contribution is 7.13. The van der Waals surface area contributed by atoms with Crippen molar-refractivity contribution < 1.29 is 8.78 Å². The van der Waals surface area contributed by atoms with E-state index in [4.69, 9.17) is 0 Å². The molecule has 0 aliphatic rings. The van der Waals surface area contributed by atoms with Crippen LogP contribution in [-0.4, -0.2) is 9.59 Å². The van der Waals surface area contributed by atoms with Crippen LogP contribution in [0.3, 0.4) is 0 Å². The van der Waals surface area contributed by atoms with Crippen LogP contribution in [0, 0.1) is 11.6 Å². The molecule has 2 nitrogen and oxygen atoms in total. The zero-order valence-corrected chi connectivity index (χ0v) is 26.8. The molecule has 228 valence electrons. The molecule has 0 amide bonds. The summed E-state index contributed by atoms with van der Waals surface area (Å²) in [5.74, 6) is -0.637. The Balaban J connectivity index is 1.24. The number of aromatic nitrogens is 2. The monoisotopic (exact) mass is 616 g/mol. The van der Waals surface area contributed by atoms with Crippen LogP contribution in [0.2, 0.25) is 0 Å². The Bertz CT molecular complexity index is 1750. The summed E-state index contributed by atoms with van der Waals surface area (Å²) in [7, 11) is 0. The van der Waals surface area contributed by atoms with Crippen LogP contribution < -0.4 is 0 Å². The van der Waals surface area contributed by atoms with E-state index >= 15 is 8.78 Å². The molecule has 0 radical (unpaired) electrons. The number of halogens is 2. The van der Waals surface area contributed by atoms with Gasteiger partial charge in [-0.2, -0.15) is 0 Å². The van der Waals surface area contributed by atoms with Gasteiger partial charge in [0.15, 0.2) is 0 Å². The maximum atomic E-state index is 15.6. The van der Waals surface area contributed by atoms with Gasteiger partial charge in [-0.3, -0.25) is 0 Å². The first kappa shape index (κ1) is 30.8. The lowest BCUT2D eigenvalue weighted by Crippen LogP contribution is -1.91. The summed E-state index contributed by atoms with van der Waals surface area (Å²) in [4.78, 5) is 0. The number of nitrogens with zero attached hydrogens (tertiary/aromatic N) is 2. The Kier molecular flexibility index (Phi) is 9.75. The number of hydrogen-bond donors (Lipinski definition) is 0. The standard InChI is InChI=1S/C40H38F2N2S/c1-3-5-7-9-27-11-15-29(16-12-27)31-19-21-33(37(41)25-31)35-23-24-36(40-39(35)43-44-45-40)34-22-20-32(26-38(34)42)30-17-13-28(14-18-30)10-8-6-4-2/h11-26H,3-10H2,1-2H3. The maximum Gasteiger partial charge on any atom is 0.131 e. The summed E-state index contributed by atoms with van der Waals surface area (Å²) in [5, 5.41) is 4.35. The fourth-order valence-electron chi connectivity index (χ4n) is 6.01. The molecule has 0 fully saturated rings. The molecule has 0 saturated carbocycles. The molecule has 6 rings (SSSR count). The zero-order valence-electron chi connectivity index (χ0n) is 26.0. The van der Waals surface area contributed by atoms with Crippen molar-refractivity contribution in [1.29, 1.82) is 0 Å². The summed E-state index contributed by atoms with van der Waals surface area (Å²) < 4.78 is 36.2. The van der Waals surface area contributed by atoms with Crippen molar-refractivity contribution in [3.63, 3.8) is 0 Å². The van der Waals surface area contributed by atoms with Gasteiger partial charge in [0.1, 0.15) is 17.2 Å². The predicted molar refractivity (Wildman–Crippen MR) is 186 cm³/mol. The van der Waals surface area contributed by atoms with E-state index in [0.717, 1.165) is 39.8 Å². The van der Waals surface area contributed by atoms with Gasteiger partial charge in [0.05, 0.1) is 4.70 Å². The van der Waals surface area contributed by atoms with Gasteiger partial charge in [-0.15, -0.1) is 5.10 Å². The second kappa shape index (κ2) is 14.3. The highest BCUT2D eigenvalue weighted by atomic mass is 32.1. The number of benzene rings is 5. The Morgan fingerprint density at radius 3 is 1.44 bits per heavy atom. The number of rotatable bonds is 12. The topological polar surface area (TPSA) is 25.8 Å². The molecular weight excluding hydrogens is 579 g/mol. The average Bonchev–Trinajstić information content (AvgIpc) is 3.56. The largest absolute Gasteiger partial charge is 0.206 e. The molecule has 6 aromatic rings. The summed E-state index contributed by atoms with van der Waals surface area (Å²) in [6.07, 6.45) is 9.37. The molecule has 1 heterocycles. The summed E-state index contributed by atoms with van der Waals surface area (Å²) in [5.41, 5.74) is 9.10. The minimum atomic E-state index is -0.325. The normalized spacial score (nSPS) is 11.4. The van der Waals surface area contributed by atoms with Crippen LogP contribution in [0.25, 0.3) is 54.7 Å². The smallest absolute Gasteiger partial charge is 0.131 e. The maximum absolute atomic E-state index is 15.6. The second-order valence-electron chi connectivity index (χ2n) is 11.8. The fraction of sp³-hybridized carbons (Fsp3) is 0.250. The summed E-state index contributed by atoms with van der Waals surface area (Å²) >= 11 is 1.20. The van der Waals surface area contributed by atoms with E-state index in [9.17, 15) is 0 Å². The molecule has 5 aromatic carbocycles. The molecule has 0 N–H and O–H groups in total. The molecular formula is C40H38F2N2S. The molecule has 45 heavy (non-hydrogen) atoms. The van der Waals surface area contributed by atoms with Crippen molar-refractivity contribution in [3.05, 3.63) is 120 Å². The van der Waals surface area contributed by atoms with E-state index in [1.165, 1.54) is 61.2 Å². The second-order valence-corrected chi connectivity index (χ2v) is 12.6. The van der Waals surface area contributed by atoms with Crippen LogP contribution in [0.5, 0.6) is 0 Å². The molecule has 0 saturated heterocycles. The molecule has 0 spiro atoms. The van der Waals surface area contributed by atoms with E-state index in [1.54, 1.807) is 18.2 Å². The SMILES string of the molecule is CCCCCc1ccc(-c2ccc(-c3ccc(-c4ccc(-c5ccc(CCCCC)cc5)cc4F)c4snnc34)c(F)c2)cc1. The van der Waals surface area contributed by atoms with Crippen LogP contribution >= 0.6 is 11.5 Å². The van der Waals surface area contributed by atoms with E-state index < -0.39 is 0 Å². The number of hydrogen-bond acceptors (Lipinski definition) is 3. The van der Waals surface area contributed by atoms with E-state index in [0.29, 0.717) is 27.8 Å². The van der Waals surface area contributed by atoms with Crippen LogP contribution in [0.4, 0.5) is 8.78 Å². The van der Waals surface area contributed by atoms with Crippen molar-refractivity contribution in [3.8, 4) is 44.5 Å². The first-order valence-corrected chi connectivity index (χ1v) is 16.9. The van der Waals surface area contributed by atoms with E-state index in [2.05, 4.69) is 72.0 Å². The number of unbranched alkanes of at least 4 members (excludes halogenated alkanes) is 4. The van der Waals surface area contributed by atoms with E-state index in [1.807, 2.05) is 30.3 Å². The Labute approximate surface area is 269 Å². The van der Waals surface area contributed by atoms with Crippen molar-refractivity contribution in [2.75, 3.05) is 0 Å². The van der Waals surface area contributed by atoms with Crippen molar-refractivity contribution in [1.82, 2.24) is 9.59 Å². The lowest BCUT2D eigenvalue weighted by Gasteiger charge is -2.11. The van der Waals surface area contributed by atoms with Gasteiger partial charge in [0.25, 0.3) is 0 Å². The first-order chi connectivity index (χ1) is 22.1. The molecule has 0 unspecified atom stereocenters. The predicted octanol–water partition coefficient (Wildman–Crippen LogP) is 12.1. The average molecular weight is 617 g/mol. The van der Waals surface area contributed by atoms with Crippen LogP contribution in [-0.2, 0) is 12.8 Å². The van der Waals surface area contributed by atoms with Crippen molar-refractivity contribution >= 4 is 21.7 Å². The third-order valence-corrected chi connectivity index (χ3v) is 9.39. The molecule has 0 atom stereocenters. The summed E-state index contributed by atoms with van der Waals surface area (Å²) in [6, 6.07) is 31.2.